The number of hydrogen-bond acceptors (Lipinski definition) is 1. The summed E-state index contributed by atoms with van der Waals surface area (Å²) in [7, 11) is 3.51. The molecular weight excluding hydrogens is 291 g/mol. The molecular formula is C10H12IOSi. The first kappa shape index (κ1) is 11.0. The van der Waals surface area contributed by atoms with Gasteiger partial charge in [-0.05, 0) is 60.7 Å². The van der Waals surface area contributed by atoms with Crippen molar-refractivity contribution in [1.82, 2.24) is 0 Å². The SMILES string of the molecule is CC(C)(C)Oc1cc(I)ccc1[Si]. The summed E-state index contributed by atoms with van der Waals surface area (Å²) in [5.74, 6) is 0.899. The minimum Gasteiger partial charge on any atom is -0.488 e. The Kier molecular flexibility index (Phi) is 3.40. The Bertz CT molecular complexity index is 304. The van der Waals surface area contributed by atoms with Crippen LogP contribution in [0.2, 0.25) is 0 Å². The van der Waals surface area contributed by atoms with Crippen LogP contribution in [-0.4, -0.2) is 15.8 Å². The van der Waals surface area contributed by atoms with Gasteiger partial charge >= 0.3 is 0 Å². The van der Waals surface area contributed by atoms with Gasteiger partial charge in [-0.3, -0.25) is 0 Å². The molecule has 0 spiro atoms. The molecule has 1 rings (SSSR count). The number of ether oxygens (including phenoxy) is 1. The van der Waals surface area contributed by atoms with Crippen LogP contribution in [0.15, 0.2) is 18.2 Å². The average molecular weight is 303 g/mol. The summed E-state index contributed by atoms with van der Waals surface area (Å²) in [5, 5.41) is 0.996. The minimum absolute atomic E-state index is 0.147. The van der Waals surface area contributed by atoms with Crippen molar-refractivity contribution >= 4 is 38.0 Å². The molecule has 0 N–H and O–H groups in total. The molecule has 0 atom stereocenters. The zero-order valence-electron chi connectivity index (χ0n) is 8.02. The smallest absolute Gasteiger partial charge is 0.119 e. The molecule has 0 fully saturated rings. The molecule has 13 heavy (non-hydrogen) atoms. The molecule has 3 radical (unpaired) electrons. The lowest BCUT2D eigenvalue weighted by molar-refractivity contribution is 0.132. The predicted octanol–water partition coefficient (Wildman–Crippen LogP) is 2.26. The first-order valence-corrected chi connectivity index (χ1v) is 5.66. The minimum atomic E-state index is -0.147. The summed E-state index contributed by atoms with van der Waals surface area (Å²) in [5.41, 5.74) is -0.147. The summed E-state index contributed by atoms with van der Waals surface area (Å²) < 4.78 is 6.94. The Morgan fingerprint density at radius 3 is 2.46 bits per heavy atom. The van der Waals surface area contributed by atoms with Crippen LogP contribution in [0.1, 0.15) is 20.8 Å². The molecule has 0 unspecified atom stereocenters. The molecule has 3 heteroatoms. The maximum Gasteiger partial charge on any atom is 0.119 e. The van der Waals surface area contributed by atoms with E-state index in [0.717, 1.165) is 10.9 Å². The van der Waals surface area contributed by atoms with E-state index in [2.05, 4.69) is 32.8 Å². The first-order valence-electron chi connectivity index (χ1n) is 4.09. The number of benzene rings is 1. The topological polar surface area (TPSA) is 9.23 Å². The molecule has 0 saturated heterocycles. The fourth-order valence-corrected chi connectivity index (χ4v) is 1.58. The Balaban J connectivity index is 2.94. The van der Waals surface area contributed by atoms with E-state index < -0.39 is 0 Å². The molecule has 0 amide bonds. The van der Waals surface area contributed by atoms with Crippen LogP contribution in [0.5, 0.6) is 5.75 Å². The summed E-state index contributed by atoms with van der Waals surface area (Å²) in [6.07, 6.45) is 0. The van der Waals surface area contributed by atoms with Crippen molar-refractivity contribution in [3.63, 3.8) is 0 Å². The van der Waals surface area contributed by atoms with Gasteiger partial charge < -0.3 is 4.74 Å². The third-order valence-corrected chi connectivity index (χ3v) is 2.44. The van der Waals surface area contributed by atoms with Crippen LogP contribution < -0.4 is 9.92 Å². The third kappa shape index (κ3) is 3.68. The number of halogens is 1. The highest BCUT2D eigenvalue weighted by Gasteiger charge is 2.13. The largest absolute Gasteiger partial charge is 0.488 e. The highest BCUT2D eigenvalue weighted by Crippen LogP contribution is 2.17. The van der Waals surface area contributed by atoms with Crippen LogP contribution in [-0.2, 0) is 0 Å². The number of rotatable bonds is 1. The van der Waals surface area contributed by atoms with E-state index in [4.69, 9.17) is 4.74 Å². The van der Waals surface area contributed by atoms with Gasteiger partial charge in [0, 0.05) is 3.57 Å². The quantitative estimate of drug-likeness (QED) is 0.571. The second-order valence-electron chi connectivity index (χ2n) is 3.85. The molecule has 0 aliphatic heterocycles. The van der Waals surface area contributed by atoms with E-state index in [-0.39, 0.29) is 5.60 Å². The Labute approximate surface area is 96.4 Å². The van der Waals surface area contributed by atoms with Gasteiger partial charge in [0.25, 0.3) is 0 Å². The Morgan fingerprint density at radius 1 is 1.31 bits per heavy atom. The van der Waals surface area contributed by atoms with Gasteiger partial charge in [-0.15, -0.1) is 0 Å². The van der Waals surface area contributed by atoms with Gasteiger partial charge in [-0.25, -0.2) is 0 Å². The summed E-state index contributed by atoms with van der Waals surface area (Å²) >= 11 is 2.27. The maximum absolute atomic E-state index is 5.76. The highest BCUT2D eigenvalue weighted by atomic mass is 127. The van der Waals surface area contributed by atoms with Crippen LogP contribution in [0.4, 0.5) is 0 Å². The second-order valence-corrected chi connectivity index (χ2v) is 5.64. The van der Waals surface area contributed by atoms with Crippen LogP contribution >= 0.6 is 22.6 Å². The van der Waals surface area contributed by atoms with E-state index in [1.54, 1.807) is 0 Å². The zero-order valence-corrected chi connectivity index (χ0v) is 11.2. The fourth-order valence-electron chi connectivity index (χ4n) is 0.910. The summed E-state index contributed by atoms with van der Waals surface area (Å²) in [4.78, 5) is 0. The second kappa shape index (κ2) is 4.00. The van der Waals surface area contributed by atoms with Gasteiger partial charge in [-0.1, -0.05) is 6.07 Å². The van der Waals surface area contributed by atoms with Crippen LogP contribution in [0, 0.1) is 3.57 Å². The molecule has 0 aliphatic carbocycles. The molecule has 69 valence electrons. The average Bonchev–Trinajstić information content (AvgIpc) is 1.94. The monoisotopic (exact) mass is 303 g/mol. The zero-order chi connectivity index (χ0) is 10.1. The summed E-state index contributed by atoms with van der Waals surface area (Å²) in [6.45, 7) is 6.12. The Hall–Kier alpha value is -0.0331. The lowest BCUT2D eigenvalue weighted by atomic mass is 10.2. The van der Waals surface area contributed by atoms with Crippen molar-refractivity contribution in [3.8, 4) is 5.75 Å². The van der Waals surface area contributed by atoms with Crippen molar-refractivity contribution in [3.05, 3.63) is 21.8 Å². The lowest BCUT2D eigenvalue weighted by Gasteiger charge is -2.22. The molecule has 1 nitrogen and oxygen atoms in total. The first-order chi connectivity index (χ1) is 5.88. The lowest BCUT2D eigenvalue weighted by Crippen LogP contribution is -2.26. The molecule has 0 heterocycles. The maximum atomic E-state index is 5.76. The summed E-state index contributed by atoms with van der Waals surface area (Å²) in [6, 6.07) is 6.06. The van der Waals surface area contributed by atoms with Crippen LogP contribution in [0.3, 0.4) is 0 Å². The predicted molar refractivity (Wildman–Crippen MR) is 64.9 cm³/mol. The molecule has 0 aliphatic rings. The van der Waals surface area contributed by atoms with E-state index in [1.807, 2.05) is 39.0 Å². The standard InChI is InChI=1S/C10H12IOSi/c1-10(2,3)12-8-6-7(11)4-5-9(8)13/h4-6H,1-3H3. The molecule has 1 aromatic carbocycles. The molecule has 0 aromatic heterocycles. The van der Waals surface area contributed by atoms with Crippen molar-refractivity contribution in [1.29, 1.82) is 0 Å². The van der Waals surface area contributed by atoms with E-state index in [0.29, 0.717) is 0 Å². The molecule has 0 saturated carbocycles. The van der Waals surface area contributed by atoms with Gasteiger partial charge in [0.1, 0.15) is 11.4 Å². The van der Waals surface area contributed by atoms with Crippen molar-refractivity contribution < 1.29 is 4.74 Å². The van der Waals surface area contributed by atoms with Gasteiger partial charge in [0.2, 0.25) is 0 Å². The number of hydrogen-bond donors (Lipinski definition) is 0. The van der Waals surface area contributed by atoms with E-state index in [1.165, 1.54) is 3.57 Å². The molecule has 0 bridgehead atoms. The van der Waals surface area contributed by atoms with Gasteiger partial charge in [0.15, 0.2) is 0 Å². The van der Waals surface area contributed by atoms with E-state index >= 15 is 0 Å². The third-order valence-electron chi connectivity index (χ3n) is 1.36. The van der Waals surface area contributed by atoms with Crippen molar-refractivity contribution in [2.75, 3.05) is 0 Å². The van der Waals surface area contributed by atoms with E-state index in [9.17, 15) is 0 Å². The van der Waals surface area contributed by atoms with Crippen molar-refractivity contribution in [2.24, 2.45) is 0 Å². The molecule has 1 aromatic rings. The van der Waals surface area contributed by atoms with Gasteiger partial charge in [0.05, 0.1) is 10.2 Å². The highest BCUT2D eigenvalue weighted by molar-refractivity contribution is 14.1. The Morgan fingerprint density at radius 2 is 1.92 bits per heavy atom. The van der Waals surface area contributed by atoms with Gasteiger partial charge in [-0.2, -0.15) is 0 Å². The normalized spacial score (nSPS) is 11.5. The van der Waals surface area contributed by atoms with Crippen molar-refractivity contribution in [2.45, 2.75) is 26.4 Å². The fraction of sp³-hybridized carbons (Fsp3) is 0.400. The van der Waals surface area contributed by atoms with Crippen LogP contribution in [0.25, 0.3) is 0 Å².